The van der Waals surface area contributed by atoms with Gasteiger partial charge in [-0.05, 0) is 4.57 Å². The van der Waals surface area contributed by atoms with E-state index >= 15 is 0 Å². The van der Waals surface area contributed by atoms with Crippen molar-refractivity contribution < 1.29 is 37.3 Å². The third-order valence-corrected chi connectivity index (χ3v) is 3.93. The quantitative estimate of drug-likeness (QED) is 0.568. The minimum absolute atomic E-state index is 3.15. The molecule has 0 rings (SSSR count). The second-order valence-corrected chi connectivity index (χ2v) is 6.27. The minimum atomic E-state index is -5.33. The Morgan fingerprint density at radius 3 is 2.17 bits per heavy atom. The molecule has 0 saturated carbocycles. The fourth-order valence-corrected chi connectivity index (χ4v) is 3.01. The van der Waals surface area contributed by atoms with Gasteiger partial charge in [0.05, 0.1) is 0 Å². The van der Waals surface area contributed by atoms with Crippen LogP contribution in [0.15, 0.2) is 0 Å². The second kappa shape index (κ2) is 4.30. The monoisotopic (exact) mass is 254 g/mol. The lowest BCUT2D eigenvalue weighted by Gasteiger charge is -2.26. The summed E-state index contributed by atoms with van der Waals surface area (Å²) in [4.78, 5) is 38.2. The topological polar surface area (TPSA) is 142 Å². The SMILES string of the molecule is O=[P+]([O-])OP(=O)([O-])OP([O-])(O)=S. The van der Waals surface area contributed by atoms with Gasteiger partial charge in [0.1, 0.15) is 6.72 Å². The average molecular weight is 254 g/mol. The maximum atomic E-state index is 10.3. The predicted octanol–water partition coefficient (Wildman–Crippen LogP) is -1.92. The van der Waals surface area contributed by atoms with Crippen molar-refractivity contribution in [3.63, 3.8) is 0 Å². The highest BCUT2D eigenvalue weighted by molar-refractivity contribution is 8.07. The molecule has 0 aromatic rings. The van der Waals surface area contributed by atoms with Crippen molar-refractivity contribution in [3.8, 4) is 0 Å². The predicted molar refractivity (Wildman–Crippen MR) is 33.9 cm³/mol. The van der Waals surface area contributed by atoms with Crippen LogP contribution in [0.2, 0.25) is 0 Å². The van der Waals surface area contributed by atoms with E-state index in [1.54, 1.807) is 0 Å². The summed E-state index contributed by atoms with van der Waals surface area (Å²) < 4.78 is 26.3. The van der Waals surface area contributed by atoms with Crippen molar-refractivity contribution in [1.29, 1.82) is 0 Å². The largest absolute Gasteiger partial charge is 0.780 e. The van der Waals surface area contributed by atoms with Crippen molar-refractivity contribution >= 4 is 34.6 Å². The molecule has 0 aliphatic heterocycles. The smallest absolute Gasteiger partial charge is 0.496 e. The molecule has 0 bridgehead atoms. The van der Waals surface area contributed by atoms with Gasteiger partial charge in [-0.15, -0.1) is 0 Å². The number of phosphoric acid groups is 1. The van der Waals surface area contributed by atoms with Crippen LogP contribution in [-0.2, 0) is 29.6 Å². The highest BCUT2D eigenvalue weighted by atomic mass is 32.5. The molecule has 8 nitrogen and oxygen atoms in total. The van der Waals surface area contributed by atoms with Crippen molar-refractivity contribution in [3.05, 3.63) is 0 Å². The fraction of sp³-hybridized carbons (Fsp3) is 0. The normalized spacial score (nSPS) is 22.5. The lowest BCUT2D eigenvalue weighted by Crippen LogP contribution is -2.10. The highest BCUT2D eigenvalue weighted by Crippen LogP contribution is 2.55. The molecule has 0 fully saturated rings. The summed E-state index contributed by atoms with van der Waals surface area (Å²) in [6.07, 6.45) is 0. The van der Waals surface area contributed by atoms with Gasteiger partial charge in [-0.1, -0.05) is 16.1 Å². The first-order valence-electron chi connectivity index (χ1n) is 2.03. The molecule has 0 amide bonds. The molecule has 0 aliphatic rings. The second-order valence-electron chi connectivity index (χ2n) is 1.30. The average Bonchev–Trinajstić information content (AvgIpc) is 1.48. The van der Waals surface area contributed by atoms with E-state index in [0.29, 0.717) is 0 Å². The van der Waals surface area contributed by atoms with Gasteiger partial charge in [-0.25, -0.2) is 0 Å². The van der Waals surface area contributed by atoms with E-state index < -0.39 is 22.8 Å². The van der Waals surface area contributed by atoms with Gasteiger partial charge in [-0.3, -0.25) is 8.88 Å². The van der Waals surface area contributed by atoms with Crippen LogP contribution >= 0.6 is 22.8 Å². The van der Waals surface area contributed by atoms with E-state index in [-0.39, 0.29) is 0 Å². The van der Waals surface area contributed by atoms with Gasteiger partial charge in [0.25, 0.3) is 0 Å². The molecule has 1 N–H and O–H groups in total. The zero-order chi connectivity index (χ0) is 9.99. The molecule has 12 heavy (non-hydrogen) atoms. The molecule has 0 saturated heterocycles. The van der Waals surface area contributed by atoms with Crippen molar-refractivity contribution in [2.75, 3.05) is 0 Å². The lowest BCUT2D eigenvalue weighted by atomic mass is 15.7. The molecule has 0 heterocycles. The molecule has 0 aromatic heterocycles. The van der Waals surface area contributed by atoms with Gasteiger partial charge in [0, 0.05) is 0 Å². The molecule has 12 heteroatoms. The summed E-state index contributed by atoms with van der Waals surface area (Å²) in [5.41, 5.74) is 0. The molecule has 3 atom stereocenters. The summed E-state index contributed by atoms with van der Waals surface area (Å²) >= 11 is 3.63. The van der Waals surface area contributed by atoms with Crippen LogP contribution in [0.1, 0.15) is 0 Å². The summed E-state index contributed by atoms with van der Waals surface area (Å²) in [6.45, 7) is -4.73. The van der Waals surface area contributed by atoms with E-state index in [4.69, 9.17) is 4.89 Å². The molecule has 0 aromatic carbocycles. The number of hydrogen-bond donors (Lipinski definition) is 1. The first-order valence-corrected chi connectivity index (χ1v) is 7.17. The van der Waals surface area contributed by atoms with Crippen LogP contribution in [-0.4, -0.2) is 4.89 Å². The van der Waals surface area contributed by atoms with Crippen LogP contribution in [0, 0.1) is 0 Å². The Bertz CT molecular complexity index is 261. The zero-order valence-corrected chi connectivity index (χ0v) is 8.55. The molecular formula is HO8P3S-2. The summed E-state index contributed by atoms with van der Waals surface area (Å²) in [5, 5.41) is 0. The Hall–Kier alpha value is 0.740. The van der Waals surface area contributed by atoms with Gasteiger partial charge < -0.3 is 19.6 Å². The van der Waals surface area contributed by atoms with Crippen molar-refractivity contribution in [2.45, 2.75) is 0 Å². The van der Waals surface area contributed by atoms with Crippen LogP contribution in [0.3, 0.4) is 0 Å². The van der Waals surface area contributed by atoms with Crippen LogP contribution in [0.5, 0.6) is 0 Å². The zero-order valence-electron chi connectivity index (χ0n) is 5.05. The third kappa shape index (κ3) is 7.39. The van der Waals surface area contributed by atoms with E-state index in [9.17, 15) is 23.8 Å². The standard InChI is InChI=1S/H3O8P3S/c1-9(2)7-10(3,4)8-11(5,6)12/h(H,3,4)(H2,5,6,12)/p-2. The Morgan fingerprint density at radius 1 is 1.50 bits per heavy atom. The van der Waals surface area contributed by atoms with E-state index in [2.05, 4.69) is 20.4 Å². The van der Waals surface area contributed by atoms with Gasteiger partial charge in [0.2, 0.25) is 0 Å². The van der Waals surface area contributed by atoms with Gasteiger partial charge >= 0.3 is 16.1 Å². The molecule has 3 unspecified atom stereocenters. The fourth-order valence-electron chi connectivity index (χ4n) is 0.223. The van der Waals surface area contributed by atoms with E-state index in [1.165, 1.54) is 0 Å². The molecule has 0 aliphatic carbocycles. The van der Waals surface area contributed by atoms with Crippen LogP contribution in [0.25, 0.3) is 0 Å². The molecular weight excluding hydrogens is 253 g/mol. The maximum absolute atomic E-state index is 10.3. The van der Waals surface area contributed by atoms with E-state index in [1.807, 2.05) is 0 Å². The number of rotatable bonds is 4. The van der Waals surface area contributed by atoms with Crippen LogP contribution in [0.4, 0.5) is 0 Å². The Balaban J connectivity index is 4.35. The molecule has 72 valence electrons. The van der Waals surface area contributed by atoms with Crippen LogP contribution < -0.4 is 14.7 Å². The highest BCUT2D eigenvalue weighted by Gasteiger charge is 2.21. The first-order chi connectivity index (χ1) is 5.12. The maximum Gasteiger partial charge on any atom is 0.496 e. The lowest BCUT2D eigenvalue weighted by molar-refractivity contribution is -0.233. The minimum Gasteiger partial charge on any atom is -0.780 e. The van der Waals surface area contributed by atoms with Crippen molar-refractivity contribution in [2.24, 2.45) is 0 Å². The molecule has 0 radical (unpaired) electrons. The van der Waals surface area contributed by atoms with Gasteiger partial charge in [-0.2, -0.15) is 0 Å². The number of hydrogen-bond acceptors (Lipinski definition) is 8. The Kier molecular flexibility index (Phi) is 4.57. The van der Waals surface area contributed by atoms with E-state index in [0.717, 1.165) is 0 Å². The third-order valence-electron chi connectivity index (χ3n) is 0.370. The van der Waals surface area contributed by atoms with Gasteiger partial charge in [0.15, 0.2) is 0 Å². The van der Waals surface area contributed by atoms with Crippen molar-refractivity contribution in [1.82, 2.24) is 0 Å². The molecule has 0 spiro atoms. The first kappa shape index (κ1) is 12.7. The summed E-state index contributed by atoms with van der Waals surface area (Å²) in [6, 6.07) is 0. The summed E-state index contributed by atoms with van der Waals surface area (Å²) in [5.74, 6) is 0. The Labute approximate surface area is 72.6 Å². The Morgan fingerprint density at radius 2 is 1.92 bits per heavy atom. The summed E-state index contributed by atoms with van der Waals surface area (Å²) in [7, 11) is -9.05.